The molecule has 2 N–H and O–H groups in total. The lowest BCUT2D eigenvalue weighted by atomic mass is 9.96. The molecule has 0 aromatic heterocycles. The topological polar surface area (TPSA) is 26.0 Å². The highest BCUT2D eigenvalue weighted by molar-refractivity contribution is 4.56. The molecule has 0 aliphatic carbocycles. The second-order valence-electron chi connectivity index (χ2n) is 6.71. The average molecular weight is 284 g/mol. The third-order valence-electron chi connectivity index (χ3n) is 4.45. The molecule has 0 aliphatic heterocycles. The van der Waals surface area contributed by atoms with Gasteiger partial charge in [-0.15, -0.1) is 0 Å². The molecule has 20 heavy (non-hydrogen) atoms. The van der Waals surface area contributed by atoms with E-state index in [1.165, 1.54) is 96.3 Å². The summed E-state index contributed by atoms with van der Waals surface area (Å²) in [6.45, 7) is 5.60. The van der Waals surface area contributed by atoms with E-state index in [2.05, 4.69) is 13.8 Å². The quantitative estimate of drug-likeness (QED) is 0.323. The normalized spacial score (nSPS) is 12.8. The van der Waals surface area contributed by atoms with Gasteiger partial charge in [-0.25, -0.2) is 0 Å². The summed E-state index contributed by atoms with van der Waals surface area (Å²) in [7, 11) is 0. The van der Waals surface area contributed by atoms with Gasteiger partial charge in [-0.05, 0) is 18.9 Å². The van der Waals surface area contributed by atoms with Crippen LogP contribution in [-0.4, -0.2) is 6.54 Å². The number of hydrogen-bond acceptors (Lipinski definition) is 1. The monoisotopic (exact) mass is 283 g/mol. The molecule has 1 unspecified atom stereocenters. The Labute approximate surface area is 129 Å². The second kappa shape index (κ2) is 17.0. The lowest BCUT2D eigenvalue weighted by molar-refractivity contribution is 0.432. The zero-order chi connectivity index (χ0) is 14.9. The van der Waals surface area contributed by atoms with Crippen molar-refractivity contribution in [3.05, 3.63) is 0 Å². The molecule has 1 nitrogen and oxygen atoms in total. The van der Waals surface area contributed by atoms with Gasteiger partial charge in [0.15, 0.2) is 0 Å². The van der Waals surface area contributed by atoms with E-state index < -0.39 is 0 Å². The Morgan fingerprint density at radius 1 is 0.600 bits per heavy atom. The van der Waals surface area contributed by atoms with Crippen molar-refractivity contribution in [1.29, 1.82) is 0 Å². The van der Waals surface area contributed by atoms with Gasteiger partial charge in [-0.1, -0.05) is 104 Å². The van der Waals surface area contributed by atoms with Crippen LogP contribution in [0, 0.1) is 5.92 Å². The second-order valence-corrected chi connectivity index (χ2v) is 6.71. The fourth-order valence-corrected chi connectivity index (χ4v) is 2.94. The maximum atomic E-state index is 5.51. The van der Waals surface area contributed by atoms with Crippen molar-refractivity contribution < 1.29 is 0 Å². The van der Waals surface area contributed by atoms with E-state index >= 15 is 0 Å². The lowest BCUT2D eigenvalue weighted by Crippen LogP contribution is -1.98. The van der Waals surface area contributed by atoms with Crippen molar-refractivity contribution in [3.8, 4) is 0 Å². The highest BCUT2D eigenvalue weighted by atomic mass is 14.5. The van der Waals surface area contributed by atoms with E-state index in [9.17, 15) is 0 Å². The van der Waals surface area contributed by atoms with E-state index in [0.29, 0.717) is 0 Å². The van der Waals surface area contributed by atoms with Gasteiger partial charge in [-0.2, -0.15) is 0 Å². The first kappa shape index (κ1) is 20.0. The van der Waals surface area contributed by atoms with E-state index in [1.54, 1.807) is 0 Å². The highest BCUT2D eigenvalue weighted by Gasteiger charge is 2.01. The Morgan fingerprint density at radius 3 is 1.45 bits per heavy atom. The maximum absolute atomic E-state index is 5.51. The molecule has 0 fully saturated rings. The molecule has 122 valence electrons. The van der Waals surface area contributed by atoms with Gasteiger partial charge in [0.1, 0.15) is 0 Å². The molecule has 0 amide bonds. The van der Waals surface area contributed by atoms with Crippen LogP contribution in [0.1, 0.15) is 110 Å². The third kappa shape index (κ3) is 16.0. The van der Waals surface area contributed by atoms with Gasteiger partial charge in [0, 0.05) is 0 Å². The van der Waals surface area contributed by atoms with Crippen molar-refractivity contribution in [2.45, 2.75) is 110 Å². The molecule has 0 saturated heterocycles. The molecule has 0 aliphatic rings. The first-order valence-corrected chi connectivity index (χ1v) is 9.51. The summed E-state index contributed by atoms with van der Waals surface area (Å²) in [6.07, 6.45) is 21.3. The van der Waals surface area contributed by atoms with Gasteiger partial charge >= 0.3 is 0 Å². The average Bonchev–Trinajstić information content (AvgIpc) is 2.45. The SMILES string of the molecule is CCCCCCCCCCCC(C)CCCCCCN. The molecule has 0 aromatic carbocycles. The van der Waals surface area contributed by atoms with Gasteiger partial charge in [0.05, 0.1) is 0 Å². The minimum atomic E-state index is 0.869. The summed E-state index contributed by atoms with van der Waals surface area (Å²) in [5.74, 6) is 0.942. The Bertz CT molecular complexity index is 167. The fourth-order valence-electron chi connectivity index (χ4n) is 2.94. The van der Waals surface area contributed by atoms with Crippen molar-refractivity contribution >= 4 is 0 Å². The molecule has 0 rings (SSSR count). The van der Waals surface area contributed by atoms with Gasteiger partial charge in [0.25, 0.3) is 0 Å². The van der Waals surface area contributed by atoms with Crippen LogP contribution in [0.3, 0.4) is 0 Å². The van der Waals surface area contributed by atoms with Crippen LogP contribution in [0.5, 0.6) is 0 Å². The first-order valence-electron chi connectivity index (χ1n) is 9.51. The molecule has 0 spiro atoms. The smallest absolute Gasteiger partial charge is 0.00773 e. The van der Waals surface area contributed by atoms with Crippen LogP contribution in [0.25, 0.3) is 0 Å². The van der Waals surface area contributed by atoms with E-state index in [0.717, 1.165) is 12.5 Å². The summed E-state index contributed by atoms with van der Waals surface area (Å²) in [4.78, 5) is 0. The van der Waals surface area contributed by atoms with Crippen LogP contribution in [0.2, 0.25) is 0 Å². The van der Waals surface area contributed by atoms with Crippen molar-refractivity contribution in [2.75, 3.05) is 6.54 Å². The highest BCUT2D eigenvalue weighted by Crippen LogP contribution is 2.18. The standard InChI is InChI=1S/C19H41N/c1-3-4-5-6-7-8-9-10-13-16-19(2)17-14-11-12-15-18-20/h19H,3-18,20H2,1-2H3. The zero-order valence-corrected chi connectivity index (χ0v) is 14.5. The van der Waals surface area contributed by atoms with Crippen LogP contribution >= 0.6 is 0 Å². The molecule has 0 radical (unpaired) electrons. The molecule has 1 heteroatoms. The van der Waals surface area contributed by atoms with Crippen LogP contribution < -0.4 is 5.73 Å². The van der Waals surface area contributed by atoms with Gasteiger partial charge < -0.3 is 5.73 Å². The Morgan fingerprint density at radius 2 is 1.00 bits per heavy atom. The summed E-state index contributed by atoms with van der Waals surface area (Å²) in [6, 6.07) is 0. The lowest BCUT2D eigenvalue weighted by Gasteiger charge is -2.11. The number of nitrogens with two attached hydrogens (primary N) is 1. The van der Waals surface area contributed by atoms with Crippen molar-refractivity contribution in [1.82, 2.24) is 0 Å². The molecule has 0 aromatic rings. The van der Waals surface area contributed by atoms with Crippen molar-refractivity contribution in [2.24, 2.45) is 11.7 Å². The molecule has 0 saturated carbocycles. The Kier molecular flexibility index (Phi) is 17.0. The van der Waals surface area contributed by atoms with Gasteiger partial charge in [-0.3, -0.25) is 0 Å². The predicted molar refractivity (Wildman–Crippen MR) is 93.1 cm³/mol. The largest absolute Gasteiger partial charge is 0.330 e. The number of unbranched alkanes of at least 4 members (excludes halogenated alkanes) is 11. The van der Waals surface area contributed by atoms with Crippen LogP contribution in [0.15, 0.2) is 0 Å². The van der Waals surface area contributed by atoms with Crippen LogP contribution in [0.4, 0.5) is 0 Å². The number of hydrogen-bond donors (Lipinski definition) is 1. The Hall–Kier alpha value is -0.0400. The minimum Gasteiger partial charge on any atom is -0.330 e. The summed E-state index contributed by atoms with van der Waals surface area (Å²) in [5.41, 5.74) is 5.51. The molecule has 0 heterocycles. The maximum Gasteiger partial charge on any atom is -0.00773 e. The minimum absolute atomic E-state index is 0.869. The van der Waals surface area contributed by atoms with Crippen LogP contribution in [-0.2, 0) is 0 Å². The predicted octanol–water partition coefficient (Wildman–Crippen LogP) is 6.45. The molecular weight excluding hydrogens is 242 g/mol. The molecule has 1 atom stereocenters. The van der Waals surface area contributed by atoms with Gasteiger partial charge in [0.2, 0.25) is 0 Å². The molecule has 0 bridgehead atoms. The number of rotatable bonds is 16. The summed E-state index contributed by atoms with van der Waals surface area (Å²) < 4.78 is 0. The van der Waals surface area contributed by atoms with E-state index in [4.69, 9.17) is 5.73 Å². The first-order chi connectivity index (χ1) is 9.81. The van der Waals surface area contributed by atoms with E-state index in [1.807, 2.05) is 0 Å². The van der Waals surface area contributed by atoms with E-state index in [-0.39, 0.29) is 0 Å². The fraction of sp³-hybridized carbons (Fsp3) is 1.00. The Balaban J connectivity index is 3.09. The molecular formula is C19H41N. The summed E-state index contributed by atoms with van der Waals surface area (Å²) >= 11 is 0. The zero-order valence-electron chi connectivity index (χ0n) is 14.5. The summed E-state index contributed by atoms with van der Waals surface area (Å²) in [5, 5.41) is 0. The third-order valence-corrected chi connectivity index (χ3v) is 4.45. The van der Waals surface area contributed by atoms with Crippen molar-refractivity contribution in [3.63, 3.8) is 0 Å².